The monoisotopic (exact) mass is 695 g/mol. The van der Waals surface area contributed by atoms with Crippen LogP contribution in [0, 0.1) is 5.92 Å². The van der Waals surface area contributed by atoms with Crippen molar-refractivity contribution in [2.45, 2.75) is 90.5 Å². The van der Waals surface area contributed by atoms with Gasteiger partial charge in [-0.3, -0.25) is 9.59 Å². The molecule has 1 saturated heterocycles. The molecule has 3 N–H and O–H groups in total. The van der Waals surface area contributed by atoms with Gasteiger partial charge < -0.3 is 20.7 Å². The average Bonchev–Trinajstić information content (AvgIpc) is 3.65. The molecule has 1 aliphatic heterocycles. The molecule has 0 aliphatic carbocycles. The Labute approximate surface area is 301 Å². The largest absolute Gasteiger partial charge is 0.494 e. The molecule has 1 fully saturated rings. The minimum Gasteiger partial charge on any atom is -0.494 e. The third-order valence-electron chi connectivity index (χ3n) is 9.22. The van der Waals surface area contributed by atoms with Gasteiger partial charge in [0, 0.05) is 41.4 Å². The highest BCUT2D eigenvalue weighted by atomic mass is 32.1. The second-order valence-corrected chi connectivity index (χ2v) is 15.4. The molecule has 50 heavy (non-hydrogen) atoms. The molecule has 2 aromatic heterocycles. The first-order chi connectivity index (χ1) is 24.2. The van der Waals surface area contributed by atoms with Gasteiger partial charge in [0.15, 0.2) is 5.82 Å². The molecule has 0 radical (unpaired) electrons. The number of rotatable bonds is 16. The first kappa shape index (κ1) is 37.2. The smallest absolute Gasteiger partial charge is 0.262 e. The number of amides is 2. The number of ether oxygens (including phenoxy) is 1. The average molecular weight is 696 g/mol. The summed E-state index contributed by atoms with van der Waals surface area (Å²) in [5, 5.41) is 9.54. The fourth-order valence-electron chi connectivity index (χ4n) is 6.05. The quantitative estimate of drug-likeness (QED) is 0.103. The second-order valence-electron chi connectivity index (χ2n) is 14.4. The van der Waals surface area contributed by atoms with Crippen LogP contribution in [0.2, 0.25) is 0 Å². The lowest BCUT2D eigenvalue weighted by Crippen LogP contribution is -2.49. The van der Waals surface area contributed by atoms with Crippen molar-refractivity contribution in [3.8, 4) is 28.3 Å². The van der Waals surface area contributed by atoms with E-state index < -0.39 is 6.04 Å². The van der Waals surface area contributed by atoms with Gasteiger partial charge in [-0.25, -0.2) is 9.97 Å². The molecular weight excluding hydrogens is 643 g/mol. The van der Waals surface area contributed by atoms with Crippen LogP contribution in [0.3, 0.4) is 0 Å². The fourth-order valence-corrected chi connectivity index (χ4v) is 7.01. The second kappa shape index (κ2) is 18.2. The zero-order chi connectivity index (χ0) is 35.3. The topological polar surface area (TPSA) is 105 Å². The van der Waals surface area contributed by atoms with Crippen LogP contribution in [0.15, 0.2) is 73.1 Å². The molecule has 1 atom stereocenters. The van der Waals surface area contributed by atoms with E-state index in [2.05, 4.69) is 53.6 Å². The minimum absolute atomic E-state index is 0.0473. The van der Waals surface area contributed by atoms with E-state index in [1.165, 1.54) is 37.0 Å². The van der Waals surface area contributed by atoms with Gasteiger partial charge in [-0.05, 0) is 79.1 Å². The Morgan fingerprint density at radius 1 is 0.880 bits per heavy atom. The Morgan fingerprint density at radius 3 is 2.22 bits per heavy atom. The lowest BCUT2D eigenvalue weighted by atomic mass is 9.95. The van der Waals surface area contributed by atoms with E-state index in [9.17, 15) is 9.59 Å². The molecule has 8 nitrogen and oxygen atoms in total. The summed E-state index contributed by atoms with van der Waals surface area (Å²) < 4.78 is 5.91. The normalized spacial score (nSPS) is 14.2. The minimum atomic E-state index is -0.701. The summed E-state index contributed by atoms with van der Waals surface area (Å²) in [5.41, 5.74) is 3.75. The van der Waals surface area contributed by atoms with Gasteiger partial charge in [-0.2, -0.15) is 0 Å². The highest BCUT2D eigenvalue weighted by Gasteiger charge is 2.25. The Bertz CT molecular complexity index is 1640. The molecule has 3 heterocycles. The van der Waals surface area contributed by atoms with Crippen molar-refractivity contribution >= 4 is 23.2 Å². The summed E-state index contributed by atoms with van der Waals surface area (Å²) in [5.74, 6) is 1.56. The summed E-state index contributed by atoms with van der Waals surface area (Å²) in [6.45, 7) is 11.9. The highest BCUT2D eigenvalue weighted by Crippen LogP contribution is 2.30. The molecule has 0 saturated carbocycles. The van der Waals surface area contributed by atoms with Crippen molar-refractivity contribution in [1.82, 2.24) is 25.9 Å². The van der Waals surface area contributed by atoms with Gasteiger partial charge in [0.05, 0.1) is 11.5 Å². The van der Waals surface area contributed by atoms with Gasteiger partial charge in [0.1, 0.15) is 11.8 Å². The number of hydrogen-bond donors (Lipinski definition) is 3. The third-order valence-corrected chi connectivity index (χ3v) is 10.7. The van der Waals surface area contributed by atoms with Crippen molar-refractivity contribution in [1.29, 1.82) is 0 Å². The van der Waals surface area contributed by atoms with Crippen LogP contribution in [0.5, 0.6) is 5.75 Å². The summed E-state index contributed by atoms with van der Waals surface area (Å²) in [6.07, 6.45) is 12.2. The molecular formula is C41H53N5O3S. The number of aromatic nitrogens is 2. The van der Waals surface area contributed by atoms with Crippen molar-refractivity contribution in [3.05, 3.63) is 88.4 Å². The van der Waals surface area contributed by atoms with Crippen LogP contribution < -0.4 is 20.7 Å². The number of piperidine rings is 1. The van der Waals surface area contributed by atoms with Crippen LogP contribution in [-0.4, -0.2) is 54.1 Å². The lowest BCUT2D eigenvalue weighted by Gasteiger charge is -2.24. The predicted molar refractivity (Wildman–Crippen MR) is 204 cm³/mol. The van der Waals surface area contributed by atoms with Crippen molar-refractivity contribution < 1.29 is 14.3 Å². The van der Waals surface area contributed by atoms with Crippen LogP contribution in [0.1, 0.15) is 92.8 Å². The summed E-state index contributed by atoms with van der Waals surface area (Å²) in [7, 11) is 0. The Balaban J connectivity index is 1.20. The maximum Gasteiger partial charge on any atom is 0.262 e. The van der Waals surface area contributed by atoms with E-state index in [1.54, 1.807) is 0 Å². The number of unbranched alkanes of at least 4 members (excludes halogenated alkanes) is 4. The number of benzene rings is 2. The van der Waals surface area contributed by atoms with E-state index >= 15 is 0 Å². The van der Waals surface area contributed by atoms with Crippen molar-refractivity contribution in [2.24, 2.45) is 5.92 Å². The van der Waals surface area contributed by atoms with Gasteiger partial charge in [0.2, 0.25) is 5.91 Å². The third kappa shape index (κ3) is 11.0. The highest BCUT2D eigenvalue weighted by molar-refractivity contribution is 7.14. The SMILES string of the molecule is CCCCCCCOc1ccc(-c2cnc(-c3ccc(CC(NC(=O)c4ccc(C(C)(C)C)s4)C(=O)NCC4CCNCC4)cc3)nc2)cc1. The number of nitrogens with one attached hydrogen (secondary N) is 3. The van der Waals surface area contributed by atoms with E-state index in [1.807, 2.05) is 73.1 Å². The Hall–Kier alpha value is -4.08. The summed E-state index contributed by atoms with van der Waals surface area (Å²) >= 11 is 1.48. The molecule has 2 aromatic carbocycles. The van der Waals surface area contributed by atoms with Crippen LogP contribution in [0.25, 0.3) is 22.5 Å². The fraction of sp³-hybridized carbons (Fsp3) is 0.463. The van der Waals surface area contributed by atoms with Crippen LogP contribution in [-0.2, 0) is 16.6 Å². The molecule has 0 bridgehead atoms. The standard InChI is InChI=1S/C41H53N5O3S/c1-5-6-7-8-9-24-49-34-16-14-31(15-17-34)33-27-43-38(44-28-33)32-12-10-29(11-13-32)25-35(39(47)45-26-30-20-22-42-23-21-30)46-40(48)36-18-19-37(50-36)41(2,3)4/h10-19,27-28,30,35,42H,5-9,20-26H2,1-4H3,(H,45,47)(H,46,48). The molecule has 9 heteroatoms. The maximum atomic E-state index is 13.5. The van der Waals surface area contributed by atoms with Crippen LogP contribution >= 0.6 is 11.3 Å². The number of hydrogen-bond acceptors (Lipinski definition) is 7. The number of carbonyl (C=O) groups excluding carboxylic acids is 2. The molecule has 266 valence electrons. The molecule has 5 rings (SSSR count). The van der Waals surface area contributed by atoms with E-state index in [4.69, 9.17) is 4.74 Å². The van der Waals surface area contributed by atoms with Gasteiger partial charge in [0.25, 0.3) is 5.91 Å². The number of nitrogens with zero attached hydrogens (tertiary/aromatic N) is 2. The number of thiophene rings is 1. The lowest BCUT2D eigenvalue weighted by molar-refractivity contribution is -0.123. The molecule has 1 unspecified atom stereocenters. The maximum absolute atomic E-state index is 13.5. The van der Waals surface area contributed by atoms with Gasteiger partial charge in [-0.1, -0.05) is 89.8 Å². The van der Waals surface area contributed by atoms with Crippen molar-refractivity contribution in [2.75, 3.05) is 26.2 Å². The zero-order valence-corrected chi connectivity index (χ0v) is 30.9. The van der Waals surface area contributed by atoms with Crippen LogP contribution in [0.4, 0.5) is 0 Å². The summed E-state index contributed by atoms with van der Waals surface area (Å²) in [6, 6.07) is 19.1. The van der Waals surface area contributed by atoms with E-state index in [-0.39, 0.29) is 17.2 Å². The summed E-state index contributed by atoms with van der Waals surface area (Å²) in [4.78, 5) is 37.9. The zero-order valence-electron chi connectivity index (χ0n) is 30.1. The molecule has 2 amide bonds. The number of carbonyl (C=O) groups is 2. The Morgan fingerprint density at radius 2 is 1.56 bits per heavy atom. The molecule has 0 spiro atoms. The Kier molecular flexibility index (Phi) is 13.6. The van der Waals surface area contributed by atoms with E-state index in [0.717, 1.165) is 71.8 Å². The van der Waals surface area contributed by atoms with E-state index in [0.29, 0.717) is 29.6 Å². The molecule has 4 aromatic rings. The predicted octanol–water partition coefficient (Wildman–Crippen LogP) is 7.98. The first-order valence-corrected chi connectivity index (χ1v) is 19.1. The van der Waals surface area contributed by atoms with Gasteiger partial charge in [-0.15, -0.1) is 11.3 Å². The first-order valence-electron chi connectivity index (χ1n) is 18.2. The van der Waals surface area contributed by atoms with Crippen molar-refractivity contribution in [3.63, 3.8) is 0 Å². The van der Waals surface area contributed by atoms with Gasteiger partial charge >= 0.3 is 0 Å². The molecule has 1 aliphatic rings.